The van der Waals surface area contributed by atoms with Crippen LogP contribution >= 0.6 is 35.0 Å². The zero-order valence-electron chi connectivity index (χ0n) is 22.0. The van der Waals surface area contributed by atoms with Gasteiger partial charge in [0.25, 0.3) is 0 Å². The highest BCUT2D eigenvalue weighted by molar-refractivity contribution is 7.99. The number of carbonyl (C=O) groups is 4. The lowest BCUT2D eigenvalue weighted by molar-refractivity contribution is -0.175. The van der Waals surface area contributed by atoms with Crippen LogP contribution in [-0.2, 0) is 19.2 Å². The quantitative estimate of drug-likeness (QED) is 0.317. The molecule has 15 heteroatoms. The summed E-state index contributed by atoms with van der Waals surface area (Å²) in [6.07, 6.45) is -2.60. The maximum Gasteiger partial charge on any atom is 0.471 e. The average molecular weight is 648 g/mol. The molecule has 1 aliphatic rings. The predicted octanol–water partition coefficient (Wildman–Crippen LogP) is 4.80. The molecule has 0 saturated carbocycles. The lowest BCUT2D eigenvalue weighted by Crippen LogP contribution is -2.51. The standard InChI is InChI=1S/C27H26Cl2F3N3O6S/c1-41-18-4-2-3-5-19(18)42-20-8-6-15(23(28)24(20)29)7-9-22(37)35-12-10-16(11-13-35)33-21(36)14-17(25(38)39)34-26(40)27(30,31)32/h2-9,16-17H,10-14H2,1H3,(H,33,36)(H,34,40)(H,38,39)/t17-/m0/s1. The summed E-state index contributed by atoms with van der Waals surface area (Å²) in [7, 11) is 1.57. The number of carboxylic acid groups (broad SMARTS) is 1. The van der Waals surface area contributed by atoms with E-state index in [2.05, 4.69) is 5.32 Å². The Hall–Kier alpha value is -3.42. The Bertz CT molecular complexity index is 1370. The number of carboxylic acids is 1. The van der Waals surface area contributed by atoms with Gasteiger partial charge in [0.05, 0.1) is 28.5 Å². The third kappa shape index (κ3) is 9.04. The molecule has 42 heavy (non-hydrogen) atoms. The Morgan fingerprint density at radius 1 is 1.10 bits per heavy atom. The van der Waals surface area contributed by atoms with Gasteiger partial charge in [-0.05, 0) is 42.7 Å². The van der Waals surface area contributed by atoms with E-state index in [0.29, 0.717) is 34.1 Å². The Morgan fingerprint density at radius 2 is 1.76 bits per heavy atom. The van der Waals surface area contributed by atoms with Gasteiger partial charge in [-0.25, -0.2) is 4.79 Å². The van der Waals surface area contributed by atoms with Crippen LogP contribution in [0.3, 0.4) is 0 Å². The first-order valence-electron chi connectivity index (χ1n) is 12.5. The van der Waals surface area contributed by atoms with Crippen LogP contribution < -0.4 is 15.4 Å². The van der Waals surface area contributed by atoms with E-state index >= 15 is 0 Å². The molecule has 1 fully saturated rings. The van der Waals surface area contributed by atoms with Crippen LogP contribution in [0, 0.1) is 0 Å². The number of ether oxygens (including phenoxy) is 1. The van der Waals surface area contributed by atoms with Crippen molar-refractivity contribution in [1.29, 1.82) is 0 Å². The van der Waals surface area contributed by atoms with Gasteiger partial charge in [0.2, 0.25) is 11.8 Å². The number of alkyl halides is 3. The normalized spacial score (nSPS) is 14.9. The molecule has 0 aliphatic carbocycles. The van der Waals surface area contributed by atoms with E-state index < -0.39 is 42.5 Å². The number of hydrogen-bond donors (Lipinski definition) is 3. The molecule has 0 radical (unpaired) electrons. The molecule has 0 unspecified atom stereocenters. The highest BCUT2D eigenvalue weighted by atomic mass is 35.5. The first-order valence-corrected chi connectivity index (χ1v) is 14.0. The minimum atomic E-state index is -5.28. The molecule has 2 aromatic carbocycles. The summed E-state index contributed by atoms with van der Waals surface area (Å²) < 4.78 is 42.6. The summed E-state index contributed by atoms with van der Waals surface area (Å²) in [4.78, 5) is 50.3. The van der Waals surface area contributed by atoms with E-state index in [1.54, 1.807) is 30.2 Å². The van der Waals surface area contributed by atoms with Gasteiger partial charge in [0, 0.05) is 30.1 Å². The molecule has 2 aromatic rings. The zero-order chi connectivity index (χ0) is 31.0. The number of aliphatic carboxylic acids is 1. The second kappa shape index (κ2) is 14.7. The highest BCUT2D eigenvalue weighted by Crippen LogP contribution is 2.42. The first kappa shape index (κ1) is 33.1. The van der Waals surface area contributed by atoms with Crippen molar-refractivity contribution in [2.75, 3.05) is 20.2 Å². The molecule has 9 nitrogen and oxygen atoms in total. The van der Waals surface area contributed by atoms with E-state index in [9.17, 15) is 32.3 Å². The van der Waals surface area contributed by atoms with Crippen molar-refractivity contribution in [2.24, 2.45) is 0 Å². The predicted molar refractivity (Wildman–Crippen MR) is 151 cm³/mol. The van der Waals surface area contributed by atoms with Crippen molar-refractivity contribution in [1.82, 2.24) is 15.5 Å². The van der Waals surface area contributed by atoms with Crippen molar-refractivity contribution in [2.45, 2.75) is 47.3 Å². The molecule has 0 aromatic heterocycles. The molecule has 226 valence electrons. The van der Waals surface area contributed by atoms with Crippen molar-refractivity contribution >= 4 is 64.7 Å². The fourth-order valence-corrected chi connectivity index (χ4v) is 5.53. The minimum absolute atomic E-state index is 0.268. The lowest BCUT2D eigenvalue weighted by atomic mass is 10.0. The molecule has 1 atom stereocenters. The second-order valence-electron chi connectivity index (χ2n) is 9.10. The number of amides is 3. The number of likely N-dealkylation sites (tertiary alicyclic amines) is 1. The molecule has 3 amide bonds. The average Bonchev–Trinajstić information content (AvgIpc) is 2.94. The van der Waals surface area contributed by atoms with Crippen molar-refractivity contribution < 1.29 is 42.2 Å². The number of benzene rings is 2. The minimum Gasteiger partial charge on any atom is -0.496 e. The van der Waals surface area contributed by atoms with Gasteiger partial charge in [0.1, 0.15) is 11.8 Å². The summed E-state index contributed by atoms with van der Waals surface area (Å²) >= 11 is 14.4. The van der Waals surface area contributed by atoms with Gasteiger partial charge < -0.3 is 25.4 Å². The van der Waals surface area contributed by atoms with Gasteiger partial charge in [0.15, 0.2) is 0 Å². The molecular formula is C27H26Cl2F3N3O6S. The number of carbonyl (C=O) groups excluding carboxylic acids is 3. The van der Waals surface area contributed by atoms with Crippen molar-refractivity contribution in [3.63, 3.8) is 0 Å². The molecule has 1 aliphatic heterocycles. The number of rotatable bonds is 10. The lowest BCUT2D eigenvalue weighted by Gasteiger charge is -2.32. The number of nitrogens with zero attached hydrogens (tertiary/aromatic N) is 1. The van der Waals surface area contributed by atoms with Crippen LogP contribution in [0.4, 0.5) is 13.2 Å². The van der Waals surface area contributed by atoms with Crippen LogP contribution in [0.15, 0.2) is 52.3 Å². The Morgan fingerprint density at radius 3 is 2.38 bits per heavy atom. The van der Waals surface area contributed by atoms with E-state index in [0.717, 1.165) is 4.90 Å². The number of hydrogen-bond acceptors (Lipinski definition) is 6. The molecule has 3 rings (SSSR count). The largest absolute Gasteiger partial charge is 0.496 e. The fraction of sp³-hybridized carbons (Fsp3) is 0.333. The highest BCUT2D eigenvalue weighted by Gasteiger charge is 2.41. The van der Waals surface area contributed by atoms with Crippen LogP contribution in [0.2, 0.25) is 10.0 Å². The molecule has 3 N–H and O–H groups in total. The van der Waals surface area contributed by atoms with Crippen molar-refractivity contribution in [3.05, 3.63) is 58.1 Å². The number of para-hydroxylation sites is 1. The van der Waals surface area contributed by atoms with Gasteiger partial charge in [-0.3, -0.25) is 14.4 Å². The molecule has 1 saturated heterocycles. The fourth-order valence-electron chi connectivity index (χ4n) is 4.00. The van der Waals surface area contributed by atoms with Crippen LogP contribution in [0.1, 0.15) is 24.8 Å². The Balaban J connectivity index is 1.52. The smallest absolute Gasteiger partial charge is 0.471 e. The molecule has 1 heterocycles. The second-order valence-corrected chi connectivity index (χ2v) is 10.9. The topological polar surface area (TPSA) is 125 Å². The van der Waals surface area contributed by atoms with E-state index in [1.807, 2.05) is 24.3 Å². The van der Waals surface area contributed by atoms with E-state index in [1.165, 1.54) is 23.2 Å². The first-order chi connectivity index (χ1) is 19.8. The van der Waals surface area contributed by atoms with Crippen molar-refractivity contribution in [3.8, 4) is 5.75 Å². The number of methoxy groups -OCH3 is 1. The third-order valence-corrected chi connectivity index (χ3v) is 8.32. The summed E-state index contributed by atoms with van der Waals surface area (Å²) in [5, 5.41) is 13.5. The van der Waals surface area contributed by atoms with Gasteiger partial charge >= 0.3 is 18.1 Å². The monoisotopic (exact) mass is 647 g/mol. The van der Waals surface area contributed by atoms with Crippen LogP contribution in [0.25, 0.3) is 6.08 Å². The Labute approximate surface area is 253 Å². The van der Waals surface area contributed by atoms with E-state index in [4.69, 9.17) is 33.0 Å². The number of halogens is 5. The number of nitrogens with one attached hydrogen (secondary N) is 2. The molecule has 0 spiro atoms. The summed E-state index contributed by atoms with van der Waals surface area (Å²) in [6, 6.07) is 8.49. The third-order valence-electron chi connectivity index (χ3n) is 6.19. The van der Waals surface area contributed by atoms with Crippen LogP contribution in [0.5, 0.6) is 5.75 Å². The SMILES string of the molecule is COc1ccccc1Sc1ccc(C=CC(=O)N2CCC(NC(=O)C[C@H](NC(=O)C(F)(F)F)C(=O)O)CC2)c(Cl)c1Cl. The summed E-state index contributed by atoms with van der Waals surface area (Å²) in [6.45, 7) is 0.536. The van der Waals surface area contributed by atoms with Gasteiger partial charge in [-0.2, -0.15) is 13.2 Å². The number of piperidine rings is 1. The zero-order valence-corrected chi connectivity index (χ0v) is 24.4. The summed E-state index contributed by atoms with van der Waals surface area (Å²) in [5.74, 6) is -4.69. The van der Waals surface area contributed by atoms with Crippen LogP contribution in [-0.4, -0.2) is 72.2 Å². The van der Waals surface area contributed by atoms with Gasteiger partial charge in [-0.1, -0.05) is 53.2 Å². The maximum absolute atomic E-state index is 12.7. The van der Waals surface area contributed by atoms with Gasteiger partial charge in [-0.15, -0.1) is 0 Å². The molecule has 0 bridgehead atoms. The maximum atomic E-state index is 12.7. The summed E-state index contributed by atoms with van der Waals surface area (Å²) in [5.41, 5.74) is 0.534. The Kier molecular flexibility index (Phi) is 11.5. The molecular weight excluding hydrogens is 622 g/mol. The van der Waals surface area contributed by atoms with E-state index in [-0.39, 0.29) is 24.0 Å².